The number of aliphatic hydroxyl groups is 4. The number of carbonyl (C=O) groups excluding carboxylic acids is 12. The number of hydrogen-bond donors (Lipinski definition) is 20. The number of carboxylic acids is 2. The Kier molecular flexibility index (Phi) is 38.8. The Bertz CT molecular complexity index is 3140. The van der Waals surface area contributed by atoms with Crippen molar-refractivity contribution in [3.8, 4) is 0 Å². The molecule has 0 saturated carbocycles. The Morgan fingerprint density at radius 1 is 0.657 bits per heavy atom. The fraction of sp³-hybridized carbons (Fsp3) is 0.661. The highest BCUT2D eigenvalue weighted by molar-refractivity contribution is 6.00. The maximum Gasteiger partial charge on any atom is 0.490 e. The molecule has 594 valence electrons. The van der Waals surface area contributed by atoms with Gasteiger partial charge in [-0.15, -0.1) is 0 Å². The summed E-state index contributed by atoms with van der Waals surface area (Å²) in [5, 5.41) is 82.4. The fourth-order valence-electron chi connectivity index (χ4n) is 9.62. The van der Waals surface area contributed by atoms with Crippen LogP contribution in [0.15, 0.2) is 35.3 Å². The molecule has 105 heavy (non-hydrogen) atoms. The van der Waals surface area contributed by atoms with Crippen molar-refractivity contribution in [2.75, 3.05) is 32.9 Å². The monoisotopic (exact) mass is 1520 g/mol. The zero-order chi connectivity index (χ0) is 80.8. The molecule has 2 aliphatic heterocycles. The molecule has 2 fully saturated rings. The number of aliphatic carboxylic acids is 2. The van der Waals surface area contributed by atoms with Crippen molar-refractivity contribution in [2.45, 2.75) is 204 Å². The van der Waals surface area contributed by atoms with E-state index in [1.54, 1.807) is 41.5 Å². The summed E-state index contributed by atoms with van der Waals surface area (Å²) in [6, 6.07) is -9.71. The van der Waals surface area contributed by atoms with E-state index in [1.807, 2.05) is 10.6 Å². The molecule has 14 atom stereocenters. The quantitative estimate of drug-likeness (QED) is 0.0180. The number of primary amides is 1. The zero-order valence-corrected chi connectivity index (χ0v) is 58.9. The van der Waals surface area contributed by atoms with Gasteiger partial charge in [0.1, 0.15) is 48.3 Å². The number of halogens is 6. The van der Waals surface area contributed by atoms with Gasteiger partial charge in [-0.2, -0.15) is 26.3 Å². The third-order valence-electron chi connectivity index (χ3n) is 15.7. The van der Waals surface area contributed by atoms with Crippen molar-refractivity contribution in [3.63, 3.8) is 0 Å². The Morgan fingerprint density at radius 2 is 1.15 bits per heavy atom. The third-order valence-corrected chi connectivity index (χ3v) is 15.7. The Labute approximate surface area is 598 Å². The van der Waals surface area contributed by atoms with Crippen LogP contribution in [-0.2, 0) is 76.6 Å². The molecule has 1 aromatic carbocycles. The van der Waals surface area contributed by atoms with E-state index in [2.05, 4.69) is 47.5 Å². The van der Waals surface area contributed by atoms with E-state index in [9.17, 15) is 99.5 Å². The summed E-state index contributed by atoms with van der Waals surface area (Å²) in [7, 11) is 0. The Hall–Kier alpha value is -9.59. The standard InChI is InChI=1S/C58H95N15O18.2C2HF3O2/c1-10-30(8)38-51(84)71-39(31(9)75)50(83)64-25-37(76)69-41(44(78)46(59)79)53(86)67-36(26-74)55(88)91-45(32-15-12-11-13-16-32)42(73-49(82)35(24-28(4)5)68-56(89)58(62)18-21-90-22-19-58)54(87)72-40(43(77)29(6)7)52(85)66-34(23-27(2)3)48(81)65-33(47(80)70-38)17-14-20-63-57(60)61;2*3-2(4,5)1(6)7/h11-13,15-16,27-31,33-36,38-45,74-75,77-78H,10,14,17-26,62H2,1-9H3,(H2,59,79)(H,64,83)(H,65,81)(H,66,85)(H,67,86)(H,68,89)(H,69,76)(H,70,80)(H,71,84)(H,72,87)(H,73,82)(H4,60,61,63);2*(H,6,7)/t30-,31-,33+,34-,35-,36-,38?,39?,40-,41-,42-,43+,44-,45+;;/m0../s1. The first kappa shape index (κ1) is 93.4. The number of benzene rings is 1. The lowest BCUT2D eigenvalue weighted by molar-refractivity contribution is -0.193. The van der Waals surface area contributed by atoms with Gasteiger partial charge in [0.05, 0.1) is 30.9 Å². The summed E-state index contributed by atoms with van der Waals surface area (Å²) in [5.41, 5.74) is 21.4. The molecule has 2 saturated heterocycles. The molecule has 0 aromatic heterocycles. The van der Waals surface area contributed by atoms with Crippen LogP contribution in [0.4, 0.5) is 26.3 Å². The molecule has 0 bridgehead atoms. The average Bonchev–Trinajstić information content (AvgIpc) is 0.814. The number of carbonyl (C=O) groups is 14. The number of nitrogens with one attached hydrogen (secondary N) is 10. The number of aliphatic hydroxyl groups excluding tert-OH is 4. The molecule has 2 heterocycles. The van der Waals surface area contributed by atoms with Crippen LogP contribution < -0.4 is 76.1 Å². The lowest BCUT2D eigenvalue weighted by Crippen LogP contribution is -2.64. The summed E-state index contributed by atoms with van der Waals surface area (Å²) in [4.78, 5) is 192. The van der Waals surface area contributed by atoms with E-state index in [0.717, 1.165) is 6.92 Å². The zero-order valence-electron chi connectivity index (χ0n) is 58.9. The molecule has 0 radical (unpaired) electrons. The number of guanidine groups is 1. The van der Waals surface area contributed by atoms with Crippen LogP contribution >= 0.6 is 0 Å². The minimum absolute atomic E-state index is 0.0442. The number of carboxylic acid groups (broad SMARTS) is 2. The van der Waals surface area contributed by atoms with E-state index in [-0.39, 0.29) is 88.1 Å². The van der Waals surface area contributed by atoms with E-state index in [4.69, 9.17) is 52.2 Å². The Morgan fingerprint density at radius 3 is 1.63 bits per heavy atom. The van der Waals surface area contributed by atoms with Gasteiger partial charge in [0.25, 0.3) is 0 Å². The van der Waals surface area contributed by atoms with E-state index in [0.29, 0.717) is 0 Å². The van der Waals surface area contributed by atoms with Crippen molar-refractivity contribution in [2.24, 2.45) is 51.6 Å². The molecule has 2 unspecified atom stereocenters. The molecule has 0 aliphatic carbocycles. The normalized spacial score (nSPS) is 23.8. The van der Waals surface area contributed by atoms with Crippen LogP contribution in [-0.4, -0.2) is 243 Å². The lowest BCUT2D eigenvalue weighted by Gasteiger charge is -2.35. The fourth-order valence-corrected chi connectivity index (χ4v) is 9.62. The largest absolute Gasteiger partial charge is 0.490 e. The molecule has 1 aromatic rings. The summed E-state index contributed by atoms with van der Waals surface area (Å²) in [6.07, 6.45) is -18.3. The van der Waals surface area contributed by atoms with Crippen LogP contribution in [0.25, 0.3) is 0 Å². The van der Waals surface area contributed by atoms with Crippen LogP contribution in [0.2, 0.25) is 0 Å². The summed E-state index contributed by atoms with van der Waals surface area (Å²) >= 11 is 0. The number of amides is 11. The van der Waals surface area contributed by atoms with Gasteiger partial charge < -0.3 is 116 Å². The molecule has 24 N–H and O–H groups in total. The topological polar surface area (TPSA) is 616 Å². The van der Waals surface area contributed by atoms with E-state index in [1.165, 1.54) is 44.2 Å². The second-order valence-electron chi connectivity index (χ2n) is 25.7. The predicted molar refractivity (Wildman–Crippen MR) is 353 cm³/mol. The molecule has 43 heteroatoms. The van der Waals surface area contributed by atoms with Crippen molar-refractivity contribution in [1.29, 1.82) is 0 Å². The van der Waals surface area contributed by atoms with Gasteiger partial charge in [0, 0.05) is 19.8 Å². The van der Waals surface area contributed by atoms with Gasteiger partial charge in [0.2, 0.25) is 65.0 Å². The molecular formula is C62H97F6N15O22. The van der Waals surface area contributed by atoms with Crippen molar-refractivity contribution in [3.05, 3.63) is 35.9 Å². The van der Waals surface area contributed by atoms with Crippen LogP contribution in [0.5, 0.6) is 0 Å². The number of esters is 1. The number of aliphatic imine (C=N–C) groups is 1. The molecule has 11 amide bonds. The minimum atomic E-state index is -5.08. The molecule has 0 spiro atoms. The average molecular weight is 1520 g/mol. The number of hydrogen-bond acceptors (Lipinski definition) is 22. The van der Waals surface area contributed by atoms with Gasteiger partial charge in [-0.3, -0.25) is 57.7 Å². The highest BCUT2D eigenvalue weighted by atomic mass is 19.4. The summed E-state index contributed by atoms with van der Waals surface area (Å²) in [6.45, 7) is 11.9. The van der Waals surface area contributed by atoms with Crippen LogP contribution in [0.3, 0.4) is 0 Å². The second kappa shape index (κ2) is 43.6. The van der Waals surface area contributed by atoms with Gasteiger partial charge in [0.15, 0.2) is 24.2 Å². The number of nitrogens with zero attached hydrogens (tertiary/aromatic N) is 1. The highest BCUT2D eigenvalue weighted by Gasteiger charge is 2.46. The van der Waals surface area contributed by atoms with Crippen molar-refractivity contribution < 1.29 is 134 Å². The lowest BCUT2D eigenvalue weighted by atomic mass is 9.89. The van der Waals surface area contributed by atoms with Gasteiger partial charge in [-0.25, -0.2) is 14.4 Å². The predicted octanol–water partition coefficient (Wildman–Crippen LogP) is -5.03. The first-order valence-electron chi connectivity index (χ1n) is 32.8. The number of cyclic esters (lactones) is 1. The van der Waals surface area contributed by atoms with Crippen LogP contribution in [0.1, 0.15) is 119 Å². The maximum absolute atomic E-state index is 15.4. The smallest absolute Gasteiger partial charge is 0.475 e. The highest BCUT2D eigenvalue weighted by Crippen LogP contribution is 2.26. The number of rotatable bonds is 21. The van der Waals surface area contributed by atoms with Gasteiger partial charge >= 0.3 is 30.3 Å². The first-order valence-corrected chi connectivity index (χ1v) is 32.8. The van der Waals surface area contributed by atoms with E-state index >= 15 is 4.79 Å². The third kappa shape index (κ3) is 32.1. The number of nitrogens with two attached hydrogens (primary N) is 4. The second-order valence-corrected chi connectivity index (χ2v) is 25.7. The van der Waals surface area contributed by atoms with Crippen molar-refractivity contribution in [1.82, 2.24) is 53.2 Å². The maximum atomic E-state index is 15.4. The van der Waals surface area contributed by atoms with Gasteiger partial charge in [-0.1, -0.05) is 92.1 Å². The Balaban J connectivity index is 0.00000355. The minimum Gasteiger partial charge on any atom is -0.475 e. The molecule has 37 nitrogen and oxygen atoms in total. The van der Waals surface area contributed by atoms with Crippen molar-refractivity contribution >= 4 is 88.8 Å². The number of ether oxygens (including phenoxy) is 2. The van der Waals surface area contributed by atoms with Crippen LogP contribution in [0, 0.1) is 23.7 Å². The summed E-state index contributed by atoms with van der Waals surface area (Å²) < 4.78 is 74.8. The molecular weight excluding hydrogens is 1420 g/mol. The first-order chi connectivity index (χ1) is 48.5. The number of alkyl halides is 6. The SMILES string of the molecule is CC[C@H](C)C1NC(=O)[C@@H](CCCN=C(N)N)NC(=O)[C@H](CC(C)C)NC(=O)[C@H]([C@H](O)C(C)C)NC(=O)[C@@H](NC(=O)[C@H](CC(C)C)NC(=O)C2(N)CCOCC2)[C@@H](c2ccccc2)OC(=O)[C@H](CO)NC(=O)[C@H]([C@H](O)C(N)=O)NC(=O)CNC(=O)C([C@H](C)O)NC1=O.O=C(O)C(F)(F)F.O=C(O)C(F)(F)F. The van der Waals surface area contributed by atoms with E-state index < -0.39 is 205 Å². The van der Waals surface area contributed by atoms with Gasteiger partial charge in [-0.05, 0) is 74.7 Å². The molecule has 3 rings (SSSR count). The summed E-state index contributed by atoms with van der Waals surface area (Å²) in [5.74, 6) is -22.7. The molecule has 2 aliphatic rings.